The second kappa shape index (κ2) is 6.02. The molecule has 126 valence electrons. The highest BCUT2D eigenvalue weighted by Crippen LogP contribution is 2.33. The highest BCUT2D eigenvalue weighted by molar-refractivity contribution is 7.93. The van der Waals surface area contributed by atoms with Gasteiger partial charge in [-0.3, -0.25) is 4.72 Å². The maximum Gasteiger partial charge on any atom is 0.263 e. The molecular formula is C18H14N2O3S2. The Labute approximate surface area is 149 Å². The summed E-state index contributed by atoms with van der Waals surface area (Å²) in [6, 6.07) is 18.1. The van der Waals surface area contributed by atoms with Crippen LogP contribution in [-0.4, -0.2) is 20.5 Å². The number of benzene rings is 3. The first-order valence-corrected chi connectivity index (χ1v) is 9.82. The molecule has 0 bridgehead atoms. The Balaban J connectivity index is 1.73. The molecule has 4 aromatic rings. The Morgan fingerprint density at radius 1 is 1.00 bits per heavy atom. The van der Waals surface area contributed by atoms with Crippen LogP contribution in [0, 0.1) is 0 Å². The van der Waals surface area contributed by atoms with E-state index >= 15 is 0 Å². The lowest BCUT2D eigenvalue weighted by atomic mass is 10.1. The highest BCUT2D eigenvalue weighted by atomic mass is 32.2. The molecule has 0 fully saturated rings. The summed E-state index contributed by atoms with van der Waals surface area (Å²) >= 11 is 1.33. The third kappa shape index (κ3) is 2.92. The molecule has 7 heteroatoms. The number of fused-ring (bicyclic) bond motifs is 3. The second-order valence-corrected chi connectivity index (χ2v) is 8.12. The van der Waals surface area contributed by atoms with E-state index in [9.17, 15) is 8.42 Å². The third-order valence-electron chi connectivity index (χ3n) is 3.87. The number of hydrogen-bond donors (Lipinski definition) is 1. The first-order chi connectivity index (χ1) is 12.1. The molecule has 0 saturated carbocycles. The van der Waals surface area contributed by atoms with Crippen LogP contribution < -0.4 is 9.46 Å². The molecule has 0 spiro atoms. The molecule has 1 N–H and O–H groups in total. The largest absolute Gasteiger partial charge is 0.497 e. The summed E-state index contributed by atoms with van der Waals surface area (Å²) in [6.07, 6.45) is 0. The summed E-state index contributed by atoms with van der Waals surface area (Å²) < 4.78 is 33.7. The van der Waals surface area contributed by atoms with Crippen molar-refractivity contribution in [1.82, 2.24) is 4.98 Å². The van der Waals surface area contributed by atoms with E-state index in [4.69, 9.17) is 4.74 Å². The summed E-state index contributed by atoms with van der Waals surface area (Å²) in [6.45, 7) is 0. The number of ether oxygens (including phenoxy) is 1. The summed E-state index contributed by atoms with van der Waals surface area (Å²) in [5.74, 6) is 0.602. The lowest BCUT2D eigenvalue weighted by molar-refractivity contribution is 0.414. The number of nitrogens with one attached hydrogen (secondary N) is 1. The van der Waals surface area contributed by atoms with Crippen LogP contribution in [0.15, 0.2) is 65.6 Å². The zero-order chi connectivity index (χ0) is 17.4. The van der Waals surface area contributed by atoms with Crippen LogP contribution in [0.5, 0.6) is 5.75 Å². The van der Waals surface area contributed by atoms with Gasteiger partial charge in [-0.1, -0.05) is 41.7 Å². The van der Waals surface area contributed by atoms with E-state index in [1.165, 1.54) is 30.6 Å². The lowest BCUT2D eigenvalue weighted by Gasteiger charge is -2.05. The monoisotopic (exact) mass is 370 g/mol. The fourth-order valence-corrected chi connectivity index (χ4v) is 4.86. The number of nitrogens with zero attached hydrogens (tertiary/aromatic N) is 1. The van der Waals surface area contributed by atoms with Crippen molar-refractivity contribution in [3.63, 3.8) is 0 Å². The quantitative estimate of drug-likeness (QED) is 0.583. The van der Waals surface area contributed by atoms with Gasteiger partial charge in [0.05, 0.1) is 22.2 Å². The maximum absolute atomic E-state index is 12.6. The van der Waals surface area contributed by atoms with Crippen molar-refractivity contribution in [3.05, 3.63) is 60.7 Å². The van der Waals surface area contributed by atoms with Gasteiger partial charge >= 0.3 is 0 Å². The Hall–Kier alpha value is -2.64. The van der Waals surface area contributed by atoms with Crippen LogP contribution >= 0.6 is 11.3 Å². The molecule has 1 heterocycles. The smallest absolute Gasteiger partial charge is 0.263 e. The zero-order valence-electron chi connectivity index (χ0n) is 13.3. The van der Waals surface area contributed by atoms with E-state index in [2.05, 4.69) is 9.71 Å². The topological polar surface area (TPSA) is 68.3 Å². The number of thiazole rings is 1. The Bertz CT molecular complexity index is 1170. The van der Waals surface area contributed by atoms with E-state index < -0.39 is 10.0 Å². The standard InChI is InChI=1S/C18H14N2O3S2/c1-23-13-7-9-14(10-8-13)25(21,22)20-18-19-16-11-6-12-4-2-3-5-15(12)17(16)24-18/h2-11H,1H3,(H,19,20). The normalized spacial score (nSPS) is 11.7. The van der Waals surface area contributed by atoms with Crippen LogP contribution in [0.4, 0.5) is 5.13 Å². The van der Waals surface area contributed by atoms with Gasteiger partial charge in [-0.15, -0.1) is 0 Å². The van der Waals surface area contributed by atoms with E-state index in [-0.39, 0.29) is 4.90 Å². The van der Waals surface area contributed by atoms with Crippen molar-refractivity contribution in [2.75, 3.05) is 11.8 Å². The van der Waals surface area contributed by atoms with Gasteiger partial charge in [-0.25, -0.2) is 13.4 Å². The summed E-state index contributed by atoms with van der Waals surface area (Å²) in [5.41, 5.74) is 0.774. The number of rotatable bonds is 4. The minimum Gasteiger partial charge on any atom is -0.497 e. The minimum absolute atomic E-state index is 0.164. The summed E-state index contributed by atoms with van der Waals surface area (Å²) in [5, 5.41) is 2.51. The Morgan fingerprint density at radius 3 is 2.52 bits per heavy atom. The first kappa shape index (κ1) is 15.9. The predicted octanol–water partition coefficient (Wildman–Crippen LogP) is 4.26. The molecular weight excluding hydrogens is 356 g/mol. The van der Waals surface area contributed by atoms with E-state index in [0.29, 0.717) is 10.9 Å². The molecule has 0 aliphatic carbocycles. The molecule has 5 nitrogen and oxygen atoms in total. The molecule has 0 aliphatic heterocycles. The molecule has 0 amide bonds. The molecule has 0 aliphatic rings. The van der Waals surface area contributed by atoms with Crippen molar-refractivity contribution in [1.29, 1.82) is 0 Å². The molecule has 4 rings (SSSR count). The van der Waals surface area contributed by atoms with Gasteiger partial charge in [0.2, 0.25) is 0 Å². The van der Waals surface area contributed by atoms with E-state index in [1.807, 2.05) is 36.4 Å². The van der Waals surface area contributed by atoms with Crippen molar-refractivity contribution < 1.29 is 13.2 Å². The fraction of sp³-hybridized carbons (Fsp3) is 0.0556. The molecule has 0 radical (unpaired) electrons. The van der Waals surface area contributed by atoms with Gasteiger partial charge in [-0.05, 0) is 35.7 Å². The average Bonchev–Trinajstić information content (AvgIpc) is 3.04. The van der Waals surface area contributed by atoms with Gasteiger partial charge < -0.3 is 4.74 Å². The fourth-order valence-electron chi connectivity index (χ4n) is 2.63. The SMILES string of the molecule is COc1ccc(S(=O)(=O)Nc2nc3ccc4ccccc4c3s2)cc1. The number of hydrogen-bond acceptors (Lipinski definition) is 5. The minimum atomic E-state index is -3.70. The zero-order valence-corrected chi connectivity index (χ0v) is 14.9. The number of anilines is 1. The first-order valence-electron chi connectivity index (χ1n) is 7.52. The van der Waals surface area contributed by atoms with Gasteiger partial charge in [0.1, 0.15) is 5.75 Å². The molecule has 0 saturated heterocycles. The molecule has 3 aromatic carbocycles. The van der Waals surface area contributed by atoms with Crippen molar-refractivity contribution in [2.24, 2.45) is 0 Å². The van der Waals surface area contributed by atoms with Gasteiger partial charge in [0.15, 0.2) is 5.13 Å². The maximum atomic E-state index is 12.6. The van der Waals surface area contributed by atoms with Crippen molar-refractivity contribution >= 4 is 47.5 Å². The molecule has 0 unspecified atom stereocenters. The van der Waals surface area contributed by atoms with Crippen LogP contribution in [-0.2, 0) is 10.0 Å². The van der Waals surface area contributed by atoms with Gasteiger partial charge in [0, 0.05) is 5.39 Å². The molecule has 1 aromatic heterocycles. The van der Waals surface area contributed by atoms with E-state index in [1.54, 1.807) is 12.1 Å². The molecule has 25 heavy (non-hydrogen) atoms. The van der Waals surface area contributed by atoms with E-state index in [0.717, 1.165) is 21.0 Å². The second-order valence-electron chi connectivity index (χ2n) is 5.43. The Kier molecular flexibility index (Phi) is 3.82. The summed E-state index contributed by atoms with van der Waals surface area (Å²) in [4.78, 5) is 4.58. The number of methoxy groups -OCH3 is 1. The van der Waals surface area contributed by atoms with Gasteiger partial charge in [-0.2, -0.15) is 0 Å². The van der Waals surface area contributed by atoms with Crippen LogP contribution in [0.25, 0.3) is 21.0 Å². The van der Waals surface area contributed by atoms with Crippen LogP contribution in [0.3, 0.4) is 0 Å². The van der Waals surface area contributed by atoms with Crippen molar-refractivity contribution in [2.45, 2.75) is 4.90 Å². The highest BCUT2D eigenvalue weighted by Gasteiger charge is 2.17. The predicted molar refractivity (Wildman–Crippen MR) is 101 cm³/mol. The Morgan fingerprint density at radius 2 is 1.76 bits per heavy atom. The third-order valence-corrected chi connectivity index (χ3v) is 6.37. The molecule has 0 atom stereocenters. The lowest BCUT2D eigenvalue weighted by Crippen LogP contribution is -2.12. The summed E-state index contributed by atoms with van der Waals surface area (Å²) in [7, 11) is -2.16. The average molecular weight is 370 g/mol. The van der Waals surface area contributed by atoms with Crippen LogP contribution in [0.2, 0.25) is 0 Å². The van der Waals surface area contributed by atoms with Crippen LogP contribution in [0.1, 0.15) is 0 Å². The number of aromatic nitrogens is 1. The van der Waals surface area contributed by atoms with Crippen molar-refractivity contribution in [3.8, 4) is 5.75 Å². The number of sulfonamides is 1. The van der Waals surface area contributed by atoms with Gasteiger partial charge in [0.25, 0.3) is 10.0 Å².